The van der Waals surface area contributed by atoms with Gasteiger partial charge < -0.3 is 19.5 Å². The SMILES string of the molecule is COc1cc(OC)c(OC)cc1CNC(=O)c1cc(F)c(Cl)cc1Cl. The van der Waals surface area contributed by atoms with E-state index < -0.39 is 11.7 Å². The molecule has 0 heterocycles. The van der Waals surface area contributed by atoms with Crippen molar-refractivity contribution in [2.24, 2.45) is 0 Å². The second kappa shape index (κ2) is 8.27. The number of benzene rings is 2. The number of halogens is 3. The van der Waals surface area contributed by atoms with Gasteiger partial charge in [0.25, 0.3) is 5.91 Å². The molecule has 0 fully saturated rings. The fraction of sp³-hybridized carbons (Fsp3) is 0.235. The maximum atomic E-state index is 13.6. The lowest BCUT2D eigenvalue weighted by Crippen LogP contribution is -2.23. The zero-order valence-electron chi connectivity index (χ0n) is 13.8. The van der Waals surface area contributed by atoms with Crippen molar-refractivity contribution in [1.82, 2.24) is 5.32 Å². The number of ether oxygens (including phenoxy) is 3. The molecule has 0 atom stereocenters. The Morgan fingerprint density at radius 1 is 0.960 bits per heavy atom. The van der Waals surface area contributed by atoms with E-state index >= 15 is 0 Å². The van der Waals surface area contributed by atoms with E-state index in [1.807, 2.05) is 0 Å². The van der Waals surface area contributed by atoms with Gasteiger partial charge in [0.1, 0.15) is 11.6 Å². The summed E-state index contributed by atoms with van der Waals surface area (Å²) in [6.07, 6.45) is 0. The third-order valence-electron chi connectivity index (χ3n) is 3.48. The van der Waals surface area contributed by atoms with Gasteiger partial charge in [0.15, 0.2) is 11.5 Å². The van der Waals surface area contributed by atoms with Crippen LogP contribution in [0.4, 0.5) is 4.39 Å². The first-order valence-corrected chi connectivity index (χ1v) is 7.88. The molecule has 0 spiro atoms. The van der Waals surface area contributed by atoms with Gasteiger partial charge in [-0.15, -0.1) is 0 Å². The lowest BCUT2D eigenvalue weighted by molar-refractivity contribution is 0.0950. The van der Waals surface area contributed by atoms with Crippen LogP contribution in [0.25, 0.3) is 0 Å². The molecule has 134 valence electrons. The van der Waals surface area contributed by atoms with Crippen LogP contribution in [-0.2, 0) is 6.54 Å². The van der Waals surface area contributed by atoms with Gasteiger partial charge in [-0.25, -0.2) is 4.39 Å². The highest BCUT2D eigenvalue weighted by atomic mass is 35.5. The highest BCUT2D eigenvalue weighted by Gasteiger charge is 2.16. The van der Waals surface area contributed by atoms with Gasteiger partial charge in [0.05, 0.1) is 36.9 Å². The average molecular weight is 388 g/mol. The number of hydrogen-bond acceptors (Lipinski definition) is 4. The van der Waals surface area contributed by atoms with Crippen molar-refractivity contribution < 1.29 is 23.4 Å². The molecule has 5 nitrogen and oxygen atoms in total. The van der Waals surface area contributed by atoms with E-state index in [2.05, 4.69) is 5.32 Å². The second-order valence-corrected chi connectivity index (χ2v) is 5.76. The molecular formula is C17H16Cl2FNO4. The highest BCUT2D eigenvalue weighted by Crippen LogP contribution is 2.34. The first-order chi connectivity index (χ1) is 11.9. The summed E-state index contributed by atoms with van der Waals surface area (Å²) in [7, 11) is 4.51. The fourth-order valence-electron chi connectivity index (χ4n) is 2.20. The Balaban J connectivity index is 2.23. The predicted molar refractivity (Wildman–Crippen MR) is 93.7 cm³/mol. The molecule has 8 heteroatoms. The second-order valence-electron chi connectivity index (χ2n) is 4.95. The first-order valence-electron chi connectivity index (χ1n) is 7.12. The van der Waals surface area contributed by atoms with Crippen LogP contribution >= 0.6 is 23.2 Å². The topological polar surface area (TPSA) is 56.8 Å². The summed E-state index contributed by atoms with van der Waals surface area (Å²) in [6.45, 7) is 0.114. The summed E-state index contributed by atoms with van der Waals surface area (Å²) in [5.74, 6) is 0.226. The monoisotopic (exact) mass is 387 g/mol. The van der Waals surface area contributed by atoms with E-state index in [4.69, 9.17) is 37.4 Å². The fourth-order valence-corrected chi connectivity index (χ4v) is 2.67. The van der Waals surface area contributed by atoms with Crippen LogP contribution in [0.1, 0.15) is 15.9 Å². The third kappa shape index (κ3) is 4.27. The molecular weight excluding hydrogens is 372 g/mol. The van der Waals surface area contributed by atoms with Crippen molar-refractivity contribution >= 4 is 29.1 Å². The van der Waals surface area contributed by atoms with Gasteiger partial charge in [-0.2, -0.15) is 0 Å². The summed E-state index contributed by atoms with van der Waals surface area (Å²) in [5, 5.41) is 2.57. The Labute approximate surface area is 154 Å². The number of carbonyl (C=O) groups excluding carboxylic acids is 1. The van der Waals surface area contributed by atoms with E-state index in [1.54, 1.807) is 12.1 Å². The van der Waals surface area contributed by atoms with Gasteiger partial charge in [-0.1, -0.05) is 23.2 Å². The highest BCUT2D eigenvalue weighted by molar-refractivity contribution is 6.36. The van der Waals surface area contributed by atoms with E-state index in [0.717, 1.165) is 6.07 Å². The van der Waals surface area contributed by atoms with E-state index in [-0.39, 0.29) is 22.2 Å². The summed E-state index contributed by atoms with van der Waals surface area (Å²) < 4.78 is 29.3. The van der Waals surface area contributed by atoms with Crippen molar-refractivity contribution in [1.29, 1.82) is 0 Å². The normalized spacial score (nSPS) is 10.3. The number of amides is 1. The Hall–Kier alpha value is -2.18. The minimum Gasteiger partial charge on any atom is -0.496 e. The zero-order chi connectivity index (χ0) is 18.6. The molecule has 0 aromatic heterocycles. The molecule has 1 N–H and O–H groups in total. The zero-order valence-corrected chi connectivity index (χ0v) is 15.3. The molecule has 2 rings (SSSR count). The van der Waals surface area contributed by atoms with Crippen molar-refractivity contribution in [2.45, 2.75) is 6.54 Å². The van der Waals surface area contributed by atoms with Crippen molar-refractivity contribution in [3.05, 3.63) is 51.3 Å². The van der Waals surface area contributed by atoms with Crippen LogP contribution in [0, 0.1) is 5.82 Å². The predicted octanol–water partition coefficient (Wildman–Crippen LogP) is 4.09. The van der Waals surface area contributed by atoms with Crippen molar-refractivity contribution in [2.75, 3.05) is 21.3 Å². The molecule has 0 saturated carbocycles. The van der Waals surface area contributed by atoms with Gasteiger partial charge in [-0.05, 0) is 18.2 Å². The smallest absolute Gasteiger partial charge is 0.253 e. The molecule has 0 aliphatic heterocycles. The summed E-state index contributed by atoms with van der Waals surface area (Å²) in [5.41, 5.74) is 0.641. The van der Waals surface area contributed by atoms with Gasteiger partial charge >= 0.3 is 0 Å². The largest absolute Gasteiger partial charge is 0.496 e. The molecule has 0 saturated heterocycles. The minimum atomic E-state index is -0.722. The van der Waals surface area contributed by atoms with Gasteiger partial charge in [-0.3, -0.25) is 4.79 Å². The average Bonchev–Trinajstić information content (AvgIpc) is 2.61. The van der Waals surface area contributed by atoms with Crippen LogP contribution < -0.4 is 19.5 Å². The summed E-state index contributed by atoms with van der Waals surface area (Å²) >= 11 is 11.6. The molecule has 2 aromatic carbocycles. The van der Waals surface area contributed by atoms with Crippen molar-refractivity contribution in [3.63, 3.8) is 0 Å². The van der Waals surface area contributed by atoms with Crippen LogP contribution in [0.15, 0.2) is 24.3 Å². The molecule has 0 radical (unpaired) electrons. The molecule has 1 amide bonds. The van der Waals surface area contributed by atoms with E-state index in [1.165, 1.54) is 27.4 Å². The maximum absolute atomic E-state index is 13.6. The van der Waals surface area contributed by atoms with E-state index in [9.17, 15) is 9.18 Å². The number of rotatable bonds is 6. The van der Waals surface area contributed by atoms with Crippen molar-refractivity contribution in [3.8, 4) is 17.2 Å². The quantitative estimate of drug-likeness (QED) is 0.758. The van der Waals surface area contributed by atoms with Crippen LogP contribution in [-0.4, -0.2) is 27.2 Å². The van der Waals surface area contributed by atoms with Gasteiger partial charge in [0, 0.05) is 18.2 Å². The lowest BCUT2D eigenvalue weighted by Gasteiger charge is -2.15. The maximum Gasteiger partial charge on any atom is 0.253 e. The molecule has 0 aliphatic rings. The standard InChI is InChI=1S/C17H16Cl2FNO4/c1-23-14-7-16(25-3)15(24-2)4-9(14)8-21-17(22)10-5-13(20)12(19)6-11(10)18/h4-7H,8H2,1-3H3,(H,21,22). The molecule has 25 heavy (non-hydrogen) atoms. The minimum absolute atomic E-state index is 0.0111. The Kier molecular flexibility index (Phi) is 6.33. The van der Waals surface area contributed by atoms with Crippen LogP contribution in [0.3, 0.4) is 0 Å². The number of methoxy groups -OCH3 is 3. The molecule has 0 unspecified atom stereocenters. The van der Waals surface area contributed by atoms with Gasteiger partial charge in [0.2, 0.25) is 0 Å². The van der Waals surface area contributed by atoms with E-state index in [0.29, 0.717) is 22.8 Å². The number of hydrogen-bond donors (Lipinski definition) is 1. The molecule has 2 aromatic rings. The lowest BCUT2D eigenvalue weighted by atomic mass is 10.1. The number of carbonyl (C=O) groups is 1. The summed E-state index contributed by atoms with van der Waals surface area (Å²) in [6, 6.07) is 5.51. The van der Waals surface area contributed by atoms with Crippen LogP contribution in [0.5, 0.6) is 17.2 Å². The molecule has 0 bridgehead atoms. The first kappa shape index (κ1) is 19.1. The van der Waals surface area contributed by atoms with Crippen LogP contribution in [0.2, 0.25) is 10.0 Å². The number of nitrogens with one attached hydrogen (secondary N) is 1. The Bertz CT molecular complexity index is 799. The molecule has 0 aliphatic carbocycles. The summed E-state index contributed by atoms with van der Waals surface area (Å²) in [4.78, 5) is 12.3. The Morgan fingerprint density at radius 3 is 2.16 bits per heavy atom. The Morgan fingerprint density at radius 2 is 1.56 bits per heavy atom. The third-order valence-corrected chi connectivity index (χ3v) is 4.08.